The Kier molecular flexibility index (Phi) is 6.66. The van der Waals surface area contributed by atoms with Gasteiger partial charge in [0.1, 0.15) is 11.3 Å². The van der Waals surface area contributed by atoms with Crippen molar-refractivity contribution in [3.8, 4) is 11.7 Å². The minimum Gasteiger partial charge on any atom is -0.490 e. The van der Waals surface area contributed by atoms with Crippen molar-refractivity contribution in [1.29, 1.82) is 0 Å². The van der Waals surface area contributed by atoms with Gasteiger partial charge in [-0.15, -0.1) is 0 Å². The summed E-state index contributed by atoms with van der Waals surface area (Å²) in [4.78, 5) is 11.6. The highest BCUT2D eigenvalue weighted by atomic mass is 16.6. The molecule has 2 heterocycles. The second-order valence-corrected chi connectivity index (χ2v) is 6.85. The predicted octanol–water partition coefficient (Wildman–Crippen LogP) is 4.97. The van der Waals surface area contributed by atoms with E-state index in [1.807, 2.05) is 59.7 Å². The summed E-state index contributed by atoms with van der Waals surface area (Å²) in [6, 6.07) is 7.39. The number of benzene rings is 1. The number of hydrogen-bond acceptors (Lipinski definition) is 6. The lowest BCUT2D eigenvalue weighted by Crippen LogP contribution is -2.12. The van der Waals surface area contributed by atoms with E-state index in [2.05, 4.69) is 5.16 Å². The summed E-state index contributed by atoms with van der Waals surface area (Å²) in [5.41, 5.74) is 2.62. The van der Waals surface area contributed by atoms with Gasteiger partial charge in [0.05, 0.1) is 34.4 Å². The largest absolute Gasteiger partial charge is 0.490 e. The molecule has 6 nitrogen and oxygen atoms in total. The van der Waals surface area contributed by atoms with Gasteiger partial charge in [-0.2, -0.15) is 0 Å². The Morgan fingerprint density at radius 1 is 0.926 bits per heavy atom. The van der Waals surface area contributed by atoms with E-state index in [9.17, 15) is 4.79 Å². The third-order valence-electron chi connectivity index (χ3n) is 3.79. The minimum absolute atomic E-state index is 0.0314. The van der Waals surface area contributed by atoms with Crippen molar-refractivity contribution in [3.05, 3.63) is 51.5 Å². The van der Waals surface area contributed by atoms with Gasteiger partial charge in [-0.05, 0) is 60.6 Å². The van der Waals surface area contributed by atoms with Crippen LogP contribution in [0.1, 0.15) is 44.5 Å². The lowest BCUT2D eigenvalue weighted by atomic mass is 10.1. The van der Waals surface area contributed by atoms with Crippen molar-refractivity contribution in [2.75, 3.05) is 0 Å². The van der Waals surface area contributed by atoms with Crippen LogP contribution in [0.5, 0.6) is 11.7 Å². The first-order valence-corrected chi connectivity index (χ1v) is 8.99. The van der Waals surface area contributed by atoms with Gasteiger partial charge in [-0.25, -0.2) is 4.79 Å². The van der Waals surface area contributed by atoms with Crippen LogP contribution >= 0.6 is 0 Å². The number of aromatic nitrogens is 1. The molecule has 0 saturated heterocycles. The van der Waals surface area contributed by atoms with E-state index in [1.165, 1.54) is 0 Å². The Hall–Kier alpha value is -2.76. The molecule has 0 radical (unpaired) electrons. The molecule has 146 valence electrons. The zero-order valence-electron chi connectivity index (χ0n) is 17.0. The van der Waals surface area contributed by atoms with E-state index in [-0.39, 0.29) is 17.8 Å². The van der Waals surface area contributed by atoms with Crippen molar-refractivity contribution in [2.24, 2.45) is 0 Å². The van der Waals surface area contributed by atoms with Gasteiger partial charge in [0.2, 0.25) is 0 Å². The van der Waals surface area contributed by atoms with E-state index >= 15 is 0 Å². The standard InChI is InChI=1S/C13H14O3.C8H13NO2/c1-8(2)15-12-9(3)13(14)16-11-7-5-4-6-10(11)12;1-5(2)10-8-6(3)7(4)9-11-8/h4-8H,1-3H3;5H,1-4H3. The lowest BCUT2D eigenvalue weighted by molar-refractivity contribution is 0.165. The summed E-state index contributed by atoms with van der Waals surface area (Å²) in [5, 5.41) is 4.61. The maximum absolute atomic E-state index is 11.6. The lowest BCUT2D eigenvalue weighted by Gasteiger charge is -2.13. The van der Waals surface area contributed by atoms with Crippen LogP contribution in [0.15, 0.2) is 38.0 Å². The molecular formula is C21H27NO5. The van der Waals surface area contributed by atoms with Gasteiger partial charge >= 0.3 is 11.6 Å². The van der Waals surface area contributed by atoms with Crippen molar-refractivity contribution in [3.63, 3.8) is 0 Å². The number of ether oxygens (including phenoxy) is 2. The summed E-state index contributed by atoms with van der Waals surface area (Å²) >= 11 is 0. The number of hydrogen-bond donors (Lipinski definition) is 0. The first-order valence-electron chi connectivity index (χ1n) is 8.99. The maximum Gasteiger partial charge on any atom is 0.342 e. The molecule has 2 aromatic heterocycles. The predicted molar refractivity (Wildman–Crippen MR) is 105 cm³/mol. The normalized spacial score (nSPS) is 10.9. The van der Waals surface area contributed by atoms with Crippen LogP contribution in [-0.4, -0.2) is 17.4 Å². The van der Waals surface area contributed by atoms with Gasteiger partial charge in [0.15, 0.2) is 0 Å². The Morgan fingerprint density at radius 3 is 2.11 bits per heavy atom. The molecule has 6 heteroatoms. The third-order valence-corrected chi connectivity index (χ3v) is 3.79. The molecule has 0 aliphatic heterocycles. The smallest absolute Gasteiger partial charge is 0.342 e. The van der Waals surface area contributed by atoms with E-state index in [1.54, 1.807) is 13.0 Å². The molecule has 27 heavy (non-hydrogen) atoms. The molecule has 0 saturated carbocycles. The molecule has 0 N–H and O–H groups in total. The zero-order chi connectivity index (χ0) is 20.1. The molecule has 0 spiro atoms. The van der Waals surface area contributed by atoms with Gasteiger partial charge < -0.3 is 18.4 Å². The van der Waals surface area contributed by atoms with Crippen LogP contribution in [0.2, 0.25) is 0 Å². The number of nitrogens with zero attached hydrogens (tertiary/aromatic N) is 1. The highest BCUT2D eigenvalue weighted by Gasteiger charge is 2.13. The molecule has 0 bridgehead atoms. The maximum atomic E-state index is 11.6. The zero-order valence-corrected chi connectivity index (χ0v) is 17.0. The first-order chi connectivity index (χ1) is 12.7. The summed E-state index contributed by atoms with van der Waals surface area (Å²) in [6.45, 7) is 13.3. The van der Waals surface area contributed by atoms with Crippen molar-refractivity contribution < 1.29 is 18.4 Å². The summed E-state index contributed by atoms with van der Waals surface area (Å²) < 4.78 is 21.1. The third kappa shape index (κ3) is 5.12. The summed E-state index contributed by atoms with van der Waals surface area (Å²) in [5.74, 6) is 1.17. The Labute approximate surface area is 159 Å². The SMILES string of the molecule is Cc1c(OC(C)C)c2ccccc2oc1=O.Cc1noc(OC(C)C)c1C. The quantitative estimate of drug-likeness (QED) is 0.601. The van der Waals surface area contributed by atoms with Gasteiger partial charge in [-0.1, -0.05) is 17.3 Å². The van der Waals surface area contributed by atoms with Crippen LogP contribution in [0.3, 0.4) is 0 Å². The first kappa shape index (κ1) is 20.6. The monoisotopic (exact) mass is 373 g/mol. The number of rotatable bonds is 4. The number of para-hydroxylation sites is 1. The molecule has 1 aromatic carbocycles. The molecule has 0 atom stereocenters. The molecular weight excluding hydrogens is 346 g/mol. The number of aryl methyl sites for hydroxylation is 1. The van der Waals surface area contributed by atoms with Gasteiger partial charge in [-0.3, -0.25) is 0 Å². The molecule has 3 rings (SSSR count). The highest BCUT2D eigenvalue weighted by molar-refractivity contribution is 5.84. The van der Waals surface area contributed by atoms with Crippen LogP contribution < -0.4 is 15.1 Å². The molecule has 0 unspecified atom stereocenters. The van der Waals surface area contributed by atoms with E-state index in [0.717, 1.165) is 16.6 Å². The summed E-state index contributed by atoms with van der Waals surface area (Å²) in [7, 11) is 0. The van der Waals surface area contributed by atoms with Crippen LogP contribution in [0.25, 0.3) is 11.0 Å². The van der Waals surface area contributed by atoms with Crippen LogP contribution in [0, 0.1) is 20.8 Å². The minimum atomic E-state index is -0.339. The fourth-order valence-corrected chi connectivity index (χ4v) is 2.32. The van der Waals surface area contributed by atoms with Crippen molar-refractivity contribution >= 4 is 11.0 Å². The molecule has 0 amide bonds. The fraction of sp³-hybridized carbons (Fsp3) is 0.429. The van der Waals surface area contributed by atoms with E-state index in [4.69, 9.17) is 18.4 Å². The summed E-state index contributed by atoms with van der Waals surface area (Å²) in [6.07, 6.45) is 0.171. The second-order valence-electron chi connectivity index (χ2n) is 6.85. The van der Waals surface area contributed by atoms with E-state index < -0.39 is 0 Å². The van der Waals surface area contributed by atoms with E-state index in [0.29, 0.717) is 22.8 Å². The molecule has 0 aliphatic rings. The number of fused-ring (bicyclic) bond motifs is 1. The van der Waals surface area contributed by atoms with Crippen molar-refractivity contribution in [1.82, 2.24) is 5.16 Å². The van der Waals surface area contributed by atoms with Crippen LogP contribution in [0.4, 0.5) is 0 Å². The topological polar surface area (TPSA) is 74.7 Å². The average molecular weight is 373 g/mol. The van der Waals surface area contributed by atoms with Gasteiger partial charge in [0.25, 0.3) is 0 Å². The van der Waals surface area contributed by atoms with Gasteiger partial charge in [0, 0.05) is 0 Å². The highest BCUT2D eigenvalue weighted by Crippen LogP contribution is 2.27. The molecule has 0 aliphatic carbocycles. The molecule has 0 fully saturated rings. The molecule has 3 aromatic rings. The average Bonchev–Trinajstić information content (AvgIpc) is 2.91. The fourth-order valence-electron chi connectivity index (χ4n) is 2.32. The Balaban J connectivity index is 0.000000208. The Bertz CT molecular complexity index is 953. The van der Waals surface area contributed by atoms with Crippen LogP contribution in [-0.2, 0) is 0 Å². The second kappa shape index (κ2) is 8.75. The Morgan fingerprint density at radius 2 is 1.56 bits per heavy atom. The van der Waals surface area contributed by atoms with Crippen molar-refractivity contribution in [2.45, 2.75) is 60.7 Å².